The first kappa shape index (κ1) is 14.1. The third-order valence-corrected chi connectivity index (χ3v) is 3.57. The fourth-order valence-corrected chi connectivity index (χ4v) is 2.54. The van der Waals surface area contributed by atoms with Crippen LogP contribution in [-0.4, -0.2) is 11.1 Å². The first-order valence-electron chi connectivity index (χ1n) is 6.87. The molecule has 3 nitrogen and oxygen atoms in total. The average molecular weight is 346 g/mol. The summed E-state index contributed by atoms with van der Waals surface area (Å²) in [6, 6.07) is 11.8. The van der Waals surface area contributed by atoms with Gasteiger partial charge in [-0.15, -0.1) is 0 Å². The molecule has 108 valence electrons. The number of ether oxygens (including phenoxy) is 1. The van der Waals surface area contributed by atoms with Crippen molar-refractivity contribution in [2.24, 2.45) is 0 Å². The molecule has 0 aliphatic rings. The Morgan fingerprint density at radius 2 is 1.95 bits per heavy atom. The van der Waals surface area contributed by atoms with Crippen LogP contribution in [0.15, 0.2) is 45.3 Å². The molecule has 0 bridgehead atoms. The predicted molar refractivity (Wildman–Crippen MR) is 87.6 cm³/mol. The van der Waals surface area contributed by atoms with E-state index < -0.39 is 0 Å². The van der Waals surface area contributed by atoms with Crippen molar-refractivity contribution < 1.29 is 9.15 Å². The third-order valence-electron chi connectivity index (χ3n) is 3.08. The van der Waals surface area contributed by atoms with E-state index in [9.17, 15) is 0 Å². The van der Waals surface area contributed by atoms with Gasteiger partial charge in [0, 0.05) is 4.47 Å². The lowest BCUT2D eigenvalue weighted by Crippen LogP contribution is -2.06. The number of halogens is 1. The molecule has 0 fully saturated rings. The number of benzene rings is 2. The van der Waals surface area contributed by atoms with Crippen molar-refractivity contribution in [3.05, 3.63) is 46.4 Å². The number of aryl methyl sites for hydroxylation is 1. The highest BCUT2D eigenvalue weighted by Gasteiger charge is 2.15. The van der Waals surface area contributed by atoms with E-state index >= 15 is 0 Å². The van der Waals surface area contributed by atoms with Crippen molar-refractivity contribution >= 4 is 27.0 Å². The average Bonchev–Trinajstić information content (AvgIpc) is 2.83. The van der Waals surface area contributed by atoms with Gasteiger partial charge in [-0.05, 0) is 56.7 Å². The van der Waals surface area contributed by atoms with Gasteiger partial charge in [0.15, 0.2) is 5.58 Å². The van der Waals surface area contributed by atoms with Crippen LogP contribution in [0.5, 0.6) is 5.75 Å². The molecule has 3 rings (SSSR count). The molecule has 3 aromatic rings. The molecule has 0 amide bonds. The lowest BCUT2D eigenvalue weighted by Gasteiger charge is -2.12. The summed E-state index contributed by atoms with van der Waals surface area (Å²) in [7, 11) is 0. The molecule has 1 heterocycles. The Balaban J connectivity index is 2.14. The maximum Gasteiger partial charge on any atom is 0.231 e. The van der Waals surface area contributed by atoms with Crippen LogP contribution < -0.4 is 4.74 Å². The van der Waals surface area contributed by atoms with Crippen LogP contribution in [0.1, 0.15) is 19.4 Å². The van der Waals surface area contributed by atoms with Gasteiger partial charge in [-0.2, -0.15) is 0 Å². The van der Waals surface area contributed by atoms with Crippen LogP contribution in [0.4, 0.5) is 0 Å². The molecule has 0 N–H and O–H groups in total. The molecular weight excluding hydrogens is 330 g/mol. The van der Waals surface area contributed by atoms with Crippen LogP contribution in [0.2, 0.25) is 0 Å². The Morgan fingerprint density at radius 3 is 2.71 bits per heavy atom. The van der Waals surface area contributed by atoms with Crippen molar-refractivity contribution in [2.75, 3.05) is 0 Å². The number of hydrogen-bond acceptors (Lipinski definition) is 3. The topological polar surface area (TPSA) is 35.3 Å². The van der Waals surface area contributed by atoms with E-state index in [0.29, 0.717) is 5.89 Å². The lowest BCUT2D eigenvalue weighted by atomic mass is 10.2. The maximum absolute atomic E-state index is 5.87. The van der Waals surface area contributed by atoms with Crippen molar-refractivity contribution in [3.63, 3.8) is 0 Å². The van der Waals surface area contributed by atoms with Gasteiger partial charge in [0.1, 0.15) is 11.3 Å². The van der Waals surface area contributed by atoms with Crippen molar-refractivity contribution in [2.45, 2.75) is 26.9 Å². The molecule has 2 aromatic carbocycles. The van der Waals surface area contributed by atoms with Crippen molar-refractivity contribution in [1.82, 2.24) is 4.98 Å². The summed E-state index contributed by atoms with van der Waals surface area (Å²) in [5.41, 5.74) is 3.66. The number of aromatic nitrogens is 1. The molecule has 0 aliphatic carbocycles. The minimum atomic E-state index is 0.0940. The van der Waals surface area contributed by atoms with Crippen LogP contribution in [0, 0.1) is 6.92 Å². The number of hydrogen-bond donors (Lipinski definition) is 0. The quantitative estimate of drug-likeness (QED) is 0.641. The zero-order chi connectivity index (χ0) is 15.0. The normalized spacial score (nSPS) is 11.3. The van der Waals surface area contributed by atoms with E-state index in [4.69, 9.17) is 9.15 Å². The van der Waals surface area contributed by atoms with Gasteiger partial charge in [0.05, 0.1) is 11.7 Å². The highest BCUT2D eigenvalue weighted by atomic mass is 79.9. The zero-order valence-corrected chi connectivity index (χ0v) is 13.8. The molecular formula is C17H16BrNO2. The van der Waals surface area contributed by atoms with E-state index in [0.717, 1.165) is 32.4 Å². The largest absolute Gasteiger partial charge is 0.490 e. The second-order valence-electron chi connectivity index (χ2n) is 5.30. The summed E-state index contributed by atoms with van der Waals surface area (Å²) >= 11 is 3.49. The second kappa shape index (κ2) is 5.53. The zero-order valence-electron chi connectivity index (χ0n) is 12.2. The van der Waals surface area contributed by atoms with Crippen LogP contribution in [-0.2, 0) is 0 Å². The van der Waals surface area contributed by atoms with Crippen LogP contribution in [0.25, 0.3) is 22.6 Å². The third kappa shape index (κ3) is 2.95. The van der Waals surface area contributed by atoms with Gasteiger partial charge in [-0.3, -0.25) is 0 Å². The molecule has 0 spiro atoms. The van der Waals surface area contributed by atoms with Gasteiger partial charge in [0.2, 0.25) is 5.89 Å². The standard InChI is InChI=1S/C17H16BrNO2/c1-10(2)20-15-7-5-12(18)9-13(15)17-19-14-8-11(3)4-6-16(14)21-17/h4-10H,1-3H3. The van der Waals surface area contributed by atoms with Gasteiger partial charge in [-0.25, -0.2) is 4.98 Å². The summed E-state index contributed by atoms with van der Waals surface area (Å²) in [5, 5.41) is 0. The van der Waals surface area contributed by atoms with Gasteiger partial charge in [-0.1, -0.05) is 22.0 Å². The molecule has 0 unspecified atom stereocenters. The summed E-state index contributed by atoms with van der Waals surface area (Å²) in [4.78, 5) is 4.59. The smallest absolute Gasteiger partial charge is 0.231 e. The highest BCUT2D eigenvalue weighted by molar-refractivity contribution is 9.10. The van der Waals surface area contributed by atoms with E-state index in [-0.39, 0.29) is 6.10 Å². The predicted octanol–water partition coefficient (Wildman–Crippen LogP) is 5.35. The Hall–Kier alpha value is -1.81. The first-order chi connectivity index (χ1) is 10.0. The van der Waals surface area contributed by atoms with Crippen molar-refractivity contribution in [3.8, 4) is 17.2 Å². The number of oxazole rings is 1. The highest BCUT2D eigenvalue weighted by Crippen LogP contribution is 2.34. The Labute approximate surface area is 132 Å². The number of nitrogens with zero attached hydrogens (tertiary/aromatic N) is 1. The van der Waals surface area contributed by atoms with E-state index in [1.807, 2.05) is 57.2 Å². The minimum Gasteiger partial charge on any atom is -0.490 e. The van der Waals surface area contributed by atoms with E-state index in [1.54, 1.807) is 0 Å². The molecule has 0 saturated carbocycles. The van der Waals surface area contributed by atoms with Gasteiger partial charge in [0.25, 0.3) is 0 Å². The Morgan fingerprint density at radius 1 is 1.14 bits per heavy atom. The minimum absolute atomic E-state index is 0.0940. The van der Waals surface area contributed by atoms with Gasteiger partial charge < -0.3 is 9.15 Å². The SMILES string of the molecule is Cc1ccc2oc(-c3cc(Br)ccc3OC(C)C)nc2c1. The molecule has 21 heavy (non-hydrogen) atoms. The van der Waals surface area contributed by atoms with Crippen molar-refractivity contribution in [1.29, 1.82) is 0 Å². The monoisotopic (exact) mass is 345 g/mol. The number of fused-ring (bicyclic) bond motifs is 1. The molecule has 0 atom stereocenters. The van der Waals surface area contributed by atoms with Gasteiger partial charge >= 0.3 is 0 Å². The molecule has 0 aliphatic heterocycles. The maximum atomic E-state index is 5.87. The summed E-state index contributed by atoms with van der Waals surface area (Å²) < 4.78 is 12.7. The molecule has 0 saturated heterocycles. The Bertz CT molecular complexity index is 793. The summed E-state index contributed by atoms with van der Waals surface area (Å²) in [6.07, 6.45) is 0.0940. The second-order valence-corrected chi connectivity index (χ2v) is 6.21. The lowest BCUT2D eigenvalue weighted by molar-refractivity contribution is 0.243. The fourth-order valence-electron chi connectivity index (χ4n) is 2.18. The Kier molecular flexibility index (Phi) is 3.72. The van der Waals surface area contributed by atoms with E-state index in [1.165, 1.54) is 0 Å². The fraction of sp³-hybridized carbons (Fsp3) is 0.235. The molecule has 0 radical (unpaired) electrons. The summed E-state index contributed by atoms with van der Waals surface area (Å²) in [6.45, 7) is 6.04. The summed E-state index contributed by atoms with van der Waals surface area (Å²) in [5.74, 6) is 1.35. The van der Waals surface area contributed by atoms with E-state index in [2.05, 4.69) is 20.9 Å². The molecule has 1 aromatic heterocycles. The number of rotatable bonds is 3. The first-order valence-corrected chi connectivity index (χ1v) is 7.66. The van der Waals surface area contributed by atoms with Crippen LogP contribution in [0.3, 0.4) is 0 Å². The molecule has 4 heteroatoms. The van der Waals surface area contributed by atoms with Crippen LogP contribution >= 0.6 is 15.9 Å².